The van der Waals surface area contributed by atoms with Gasteiger partial charge in [0.2, 0.25) is 5.79 Å². The topological polar surface area (TPSA) is 96.0 Å². The molecule has 8 nitrogen and oxygen atoms in total. The van der Waals surface area contributed by atoms with Crippen LogP contribution in [0.4, 0.5) is 9.18 Å². The Hall–Kier alpha value is -2.42. The second kappa shape index (κ2) is 10.8. The third-order valence-corrected chi connectivity index (χ3v) is 6.55. The first-order valence-corrected chi connectivity index (χ1v) is 13.2. The summed E-state index contributed by atoms with van der Waals surface area (Å²) in [6.45, 7) is 13.4. The van der Waals surface area contributed by atoms with E-state index in [1.807, 2.05) is 0 Å². The first-order valence-electron chi connectivity index (χ1n) is 13.2. The summed E-state index contributed by atoms with van der Waals surface area (Å²) in [4.78, 5) is 30.6. The van der Waals surface area contributed by atoms with Crippen molar-refractivity contribution in [1.82, 2.24) is 10.3 Å². The first-order chi connectivity index (χ1) is 17.0. The molecule has 1 aromatic rings. The fourth-order valence-electron chi connectivity index (χ4n) is 4.96. The van der Waals surface area contributed by atoms with Gasteiger partial charge >= 0.3 is 12.1 Å². The van der Waals surface area contributed by atoms with Crippen LogP contribution in [0.1, 0.15) is 93.2 Å². The SMILES string of the molecule is CC(C)(F)C[C@H](NC(=O)OC(C)(C)C)[C@@]1(Cc2cc(O[C@H]3CC[C@H](C)CC3)ccn2)OC(C)(C)OC1=O. The number of rotatable bonds is 8. The van der Waals surface area contributed by atoms with Crippen molar-refractivity contribution in [3.8, 4) is 5.75 Å². The smallest absolute Gasteiger partial charge is 0.407 e. The van der Waals surface area contributed by atoms with Crippen LogP contribution in [-0.2, 0) is 25.4 Å². The summed E-state index contributed by atoms with van der Waals surface area (Å²) in [7, 11) is 0. The molecule has 0 unspecified atom stereocenters. The summed E-state index contributed by atoms with van der Waals surface area (Å²) in [5.41, 5.74) is -3.74. The minimum absolute atomic E-state index is 0.0509. The molecule has 2 aliphatic rings. The fourth-order valence-corrected chi connectivity index (χ4v) is 4.96. The molecule has 9 heteroatoms. The molecule has 0 bridgehead atoms. The Morgan fingerprint density at radius 1 is 1.22 bits per heavy atom. The van der Waals surface area contributed by atoms with Crippen molar-refractivity contribution >= 4 is 12.1 Å². The van der Waals surface area contributed by atoms with Gasteiger partial charge in [0.25, 0.3) is 0 Å². The zero-order valence-corrected chi connectivity index (χ0v) is 23.5. The number of nitrogens with one attached hydrogen (secondary N) is 1. The number of halogens is 1. The quantitative estimate of drug-likeness (QED) is 0.440. The highest BCUT2D eigenvalue weighted by Crippen LogP contribution is 2.40. The number of esters is 1. The summed E-state index contributed by atoms with van der Waals surface area (Å²) in [5, 5.41) is 2.70. The molecular weight excluding hydrogens is 479 g/mol. The van der Waals surface area contributed by atoms with Gasteiger partial charge in [-0.2, -0.15) is 0 Å². The molecule has 2 atom stereocenters. The van der Waals surface area contributed by atoms with Crippen molar-refractivity contribution < 1.29 is 32.9 Å². The van der Waals surface area contributed by atoms with E-state index < -0.39 is 40.8 Å². The Morgan fingerprint density at radius 2 is 1.86 bits per heavy atom. The number of cyclic esters (lactones) is 1. The van der Waals surface area contributed by atoms with Crippen LogP contribution in [0.15, 0.2) is 18.3 Å². The summed E-state index contributed by atoms with van der Waals surface area (Å²) in [5.74, 6) is -0.626. The Bertz CT molecular complexity index is 962. The fraction of sp³-hybridized carbons (Fsp3) is 0.750. The molecule has 2 heterocycles. The number of pyridine rings is 1. The van der Waals surface area contributed by atoms with Crippen molar-refractivity contribution in [3.05, 3.63) is 24.0 Å². The summed E-state index contributed by atoms with van der Waals surface area (Å²) >= 11 is 0. The van der Waals surface area contributed by atoms with Crippen molar-refractivity contribution in [2.45, 2.75) is 129 Å². The van der Waals surface area contributed by atoms with Crippen LogP contribution in [-0.4, -0.2) is 51.9 Å². The maximum absolute atomic E-state index is 15.0. The van der Waals surface area contributed by atoms with E-state index in [1.165, 1.54) is 13.8 Å². The standard InChI is InChI=1S/C28H43FN2O6/c1-18-9-11-20(12-10-18)34-21-13-14-30-19(15-21)16-28(23(32)35-27(7,8)37-28)22(17-26(5,6)29)31-24(33)36-25(2,3)4/h13-15,18,20,22H,9-12,16-17H2,1-8H3,(H,31,33)/t18-,20-,22-,28+/m0/s1. The average molecular weight is 523 g/mol. The van der Waals surface area contributed by atoms with Crippen LogP contribution in [0.5, 0.6) is 5.75 Å². The average Bonchev–Trinajstić information content (AvgIpc) is 2.95. The molecule has 2 fully saturated rings. The van der Waals surface area contributed by atoms with Gasteiger partial charge in [0.05, 0.1) is 12.1 Å². The maximum atomic E-state index is 15.0. The van der Waals surface area contributed by atoms with Gasteiger partial charge in [-0.1, -0.05) is 6.92 Å². The van der Waals surface area contributed by atoms with Gasteiger partial charge in [-0.15, -0.1) is 0 Å². The molecular formula is C28H43FN2O6. The monoisotopic (exact) mass is 522 g/mol. The van der Waals surface area contributed by atoms with Gasteiger partial charge < -0.3 is 24.3 Å². The molecule has 1 saturated heterocycles. The zero-order valence-electron chi connectivity index (χ0n) is 23.5. The summed E-state index contributed by atoms with van der Waals surface area (Å²) < 4.78 is 38.4. The highest BCUT2D eigenvalue weighted by atomic mass is 19.1. The molecule has 208 valence electrons. The zero-order chi connectivity index (χ0) is 27.6. The lowest BCUT2D eigenvalue weighted by Crippen LogP contribution is -2.60. The van der Waals surface area contributed by atoms with Crippen LogP contribution in [0.3, 0.4) is 0 Å². The van der Waals surface area contributed by atoms with Gasteiger partial charge in [-0.05, 0) is 72.3 Å². The molecule has 0 radical (unpaired) electrons. The Kier molecular flexibility index (Phi) is 8.47. The van der Waals surface area contributed by atoms with Gasteiger partial charge in [0.1, 0.15) is 17.0 Å². The van der Waals surface area contributed by atoms with E-state index in [1.54, 1.807) is 52.9 Å². The highest BCUT2D eigenvalue weighted by Gasteiger charge is 2.60. The van der Waals surface area contributed by atoms with Gasteiger partial charge in [-0.3, -0.25) is 4.98 Å². The molecule has 1 aliphatic carbocycles. The van der Waals surface area contributed by atoms with E-state index in [0.29, 0.717) is 17.4 Å². The molecule has 0 aromatic carbocycles. The number of alkyl carbamates (subject to hydrolysis) is 1. The Balaban J connectivity index is 1.92. The highest BCUT2D eigenvalue weighted by molar-refractivity contribution is 5.84. The largest absolute Gasteiger partial charge is 0.490 e. The van der Waals surface area contributed by atoms with E-state index in [4.69, 9.17) is 18.9 Å². The van der Waals surface area contributed by atoms with Gasteiger partial charge in [0.15, 0.2) is 5.60 Å². The molecule has 0 spiro atoms. The molecule has 1 amide bonds. The lowest BCUT2D eigenvalue weighted by molar-refractivity contribution is -0.171. The Labute approximate surface area is 220 Å². The van der Waals surface area contributed by atoms with E-state index in [9.17, 15) is 9.59 Å². The minimum Gasteiger partial charge on any atom is -0.490 e. The number of alkyl halides is 1. The molecule has 3 rings (SSSR count). The number of hydrogen-bond acceptors (Lipinski definition) is 7. The minimum atomic E-state index is -1.74. The number of carbonyl (C=O) groups excluding carboxylic acids is 2. The lowest BCUT2D eigenvalue weighted by atomic mass is 9.83. The van der Waals surface area contributed by atoms with Crippen LogP contribution >= 0.6 is 0 Å². The van der Waals surface area contributed by atoms with Crippen LogP contribution in [0, 0.1) is 5.92 Å². The van der Waals surface area contributed by atoms with Crippen molar-refractivity contribution in [2.24, 2.45) is 5.92 Å². The van der Waals surface area contributed by atoms with E-state index >= 15 is 4.39 Å². The van der Waals surface area contributed by atoms with Crippen LogP contribution in [0.25, 0.3) is 0 Å². The second-order valence-corrected chi connectivity index (χ2v) is 12.6. The summed E-state index contributed by atoms with van der Waals surface area (Å²) in [6, 6.07) is 2.46. The molecule has 1 N–H and O–H groups in total. The third kappa shape index (κ3) is 8.28. The van der Waals surface area contributed by atoms with Crippen molar-refractivity contribution in [3.63, 3.8) is 0 Å². The number of nitrogens with zero attached hydrogens (tertiary/aromatic N) is 1. The summed E-state index contributed by atoms with van der Waals surface area (Å²) in [6.07, 6.45) is 4.91. The molecule has 1 aromatic heterocycles. The van der Waals surface area contributed by atoms with E-state index in [0.717, 1.165) is 25.7 Å². The van der Waals surface area contributed by atoms with E-state index in [-0.39, 0.29) is 18.9 Å². The van der Waals surface area contributed by atoms with E-state index in [2.05, 4.69) is 17.2 Å². The molecule has 37 heavy (non-hydrogen) atoms. The normalized spacial score (nSPS) is 26.8. The Morgan fingerprint density at radius 3 is 2.41 bits per heavy atom. The number of carbonyl (C=O) groups is 2. The molecule has 1 saturated carbocycles. The lowest BCUT2D eigenvalue weighted by Gasteiger charge is -2.37. The first kappa shape index (κ1) is 29.1. The van der Waals surface area contributed by atoms with Crippen molar-refractivity contribution in [1.29, 1.82) is 0 Å². The maximum Gasteiger partial charge on any atom is 0.407 e. The predicted molar refractivity (Wildman–Crippen MR) is 137 cm³/mol. The molecule has 1 aliphatic heterocycles. The van der Waals surface area contributed by atoms with Gasteiger partial charge in [0, 0.05) is 44.6 Å². The second-order valence-electron chi connectivity index (χ2n) is 12.6. The number of ether oxygens (including phenoxy) is 4. The predicted octanol–water partition coefficient (Wildman–Crippen LogP) is 5.66. The van der Waals surface area contributed by atoms with Crippen LogP contribution < -0.4 is 10.1 Å². The number of amides is 1. The number of aromatic nitrogens is 1. The van der Waals surface area contributed by atoms with Gasteiger partial charge in [-0.25, -0.2) is 14.0 Å². The third-order valence-electron chi connectivity index (χ3n) is 6.55. The van der Waals surface area contributed by atoms with Crippen LogP contribution in [0.2, 0.25) is 0 Å². The number of hydrogen-bond donors (Lipinski definition) is 1. The van der Waals surface area contributed by atoms with Crippen molar-refractivity contribution in [2.75, 3.05) is 0 Å².